The first-order chi connectivity index (χ1) is 10.5. The molecule has 0 fully saturated rings. The third-order valence-electron chi connectivity index (χ3n) is 3.03. The number of halogens is 2. The summed E-state index contributed by atoms with van der Waals surface area (Å²) < 4.78 is 5.78. The summed E-state index contributed by atoms with van der Waals surface area (Å²) in [6, 6.07) is 9.18. The van der Waals surface area contributed by atoms with Crippen molar-refractivity contribution < 1.29 is 9.52 Å². The molecule has 2 rings (SSSR count). The molecule has 1 aromatic heterocycles. The zero-order chi connectivity index (χ0) is 15.9. The Morgan fingerprint density at radius 3 is 2.45 bits per heavy atom. The van der Waals surface area contributed by atoms with Gasteiger partial charge in [-0.2, -0.15) is 0 Å². The maximum atomic E-state index is 9.12. The van der Waals surface area contributed by atoms with Gasteiger partial charge in [-0.1, -0.05) is 23.2 Å². The maximum Gasteiger partial charge on any atom is 0.134 e. The quantitative estimate of drug-likeness (QED) is 0.644. The smallest absolute Gasteiger partial charge is 0.134 e. The fourth-order valence-corrected chi connectivity index (χ4v) is 2.55. The summed E-state index contributed by atoms with van der Waals surface area (Å²) >= 11 is 12.0. The van der Waals surface area contributed by atoms with Crippen molar-refractivity contribution >= 4 is 23.2 Å². The average Bonchev–Trinajstić information content (AvgIpc) is 2.90. The van der Waals surface area contributed by atoms with Gasteiger partial charge in [-0.05, 0) is 37.3 Å². The molecule has 0 unspecified atom stereocenters. The Bertz CT molecular complexity index is 579. The third kappa shape index (κ3) is 5.63. The minimum Gasteiger partial charge on any atom is -0.460 e. The molecule has 0 aliphatic rings. The number of hydrogen-bond donors (Lipinski definition) is 3. The fourth-order valence-electron chi connectivity index (χ4n) is 2.02. The van der Waals surface area contributed by atoms with Gasteiger partial charge in [0.2, 0.25) is 0 Å². The van der Waals surface area contributed by atoms with E-state index in [1.54, 1.807) is 13.0 Å². The molecule has 0 saturated heterocycles. The van der Waals surface area contributed by atoms with Gasteiger partial charge in [0.15, 0.2) is 0 Å². The largest absolute Gasteiger partial charge is 0.460 e. The Morgan fingerprint density at radius 2 is 1.77 bits per heavy atom. The average molecular weight is 343 g/mol. The van der Waals surface area contributed by atoms with Crippen molar-refractivity contribution in [3.63, 3.8) is 0 Å². The molecule has 22 heavy (non-hydrogen) atoms. The minimum atomic E-state index is -0.322. The summed E-state index contributed by atoms with van der Waals surface area (Å²) in [6.07, 6.45) is -0.322. The van der Waals surface area contributed by atoms with Gasteiger partial charge >= 0.3 is 0 Å². The third-order valence-corrected chi connectivity index (χ3v) is 3.46. The van der Waals surface area contributed by atoms with Crippen LogP contribution in [0.25, 0.3) is 11.3 Å². The van der Waals surface area contributed by atoms with Crippen LogP contribution in [0.3, 0.4) is 0 Å². The molecule has 0 spiro atoms. The predicted octanol–water partition coefficient (Wildman–Crippen LogP) is 3.31. The summed E-state index contributed by atoms with van der Waals surface area (Å²) in [6.45, 7) is 4.59. The van der Waals surface area contributed by atoms with Crippen LogP contribution in [0.4, 0.5) is 0 Å². The van der Waals surface area contributed by atoms with Crippen molar-refractivity contribution in [2.45, 2.75) is 19.6 Å². The van der Waals surface area contributed by atoms with Gasteiger partial charge in [-0.15, -0.1) is 0 Å². The highest BCUT2D eigenvalue weighted by molar-refractivity contribution is 6.35. The molecular weight excluding hydrogens is 323 g/mol. The molecule has 0 amide bonds. The van der Waals surface area contributed by atoms with Crippen molar-refractivity contribution in [2.75, 3.05) is 19.6 Å². The Balaban J connectivity index is 1.81. The Morgan fingerprint density at radius 1 is 1.09 bits per heavy atom. The zero-order valence-corrected chi connectivity index (χ0v) is 13.9. The van der Waals surface area contributed by atoms with Crippen LogP contribution >= 0.6 is 23.2 Å². The van der Waals surface area contributed by atoms with Crippen LogP contribution < -0.4 is 10.6 Å². The number of furan rings is 1. The summed E-state index contributed by atoms with van der Waals surface area (Å²) in [5, 5.41) is 16.7. The molecular formula is C16H20Cl2N2O2. The first-order valence-electron chi connectivity index (χ1n) is 7.19. The van der Waals surface area contributed by atoms with E-state index in [1.807, 2.05) is 24.3 Å². The molecule has 0 bridgehead atoms. The van der Waals surface area contributed by atoms with Gasteiger partial charge in [-0.25, -0.2) is 0 Å². The summed E-state index contributed by atoms with van der Waals surface area (Å²) in [7, 11) is 0. The molecule has 0 saturated carbocycles. The molecule has 0 aliphatic carbocycles. The number of rotatable bonds is 8. The molecule has 6 heteroatoms. The highest BCUT2D eigenvalue weighted by atomic mass is 35.5. The molecule has 1 aromatic carbocycles. The fraction of sp³-hybridized carbons (Fsp3) is 0.375. The summed E-state index contributed by atoms with van der Waals surface area (Å²) in [4.78, 5) is 0. The van der Waals surface area contributed by atoms with Gasteiger partial charge < -0.3 is 20.2 Å². The predicted molar refractivity (Wildman–Crippen MR) is 90.4 cm³/mol. The number of benzene rings is 1. The second-order valence-corrected chi connectivity index (χ2v) is 6.03. The molecule has 4 nitrogen and oxygen atoms in total. The van der Waals surface area contributed by atoms with Crippen LogP contribution in [-0.2, 0) is 6.54 Å². The normalized spacial score (nSPS) is 12.5. The van der Waals surface area contributed by atoms with Crippen molar-refractivity contribution in [3.8, 4) is 11.3 Å². The van der Waals surface area contributed by atoms with E-state index in [4.69, 9.17) is 32.7 Å². The molecule has 1 atom stereocenters. The maximum absolute atomic E-state index is 9.12. The van der Waals surface area contributed by atoms with Crippen molar-refractivity contribution in [1.29, 1.82) is 0 Å². The second-order valence-electron chi connectivity index (χ2n) is 5.15. The lowest BCUT2D eigenvalue weighted by molar-refractivity contribution is 0.191. The Kier molecular flexibility index (Phi) is 6.73. The summed E-state index contributed by atoms with van der Waals surface area (Å²) in [5.74, 6) is 1.59. The lowest BCUT2D eigenvalue weighted by Gasteiger charge is -2.07. The first-order valence-corrected chi connectivity index (χ1v) is 7.95. The van der Waals surface area contributed by atoms with Gasteiger partial charge in [0, 0.05) is 35.2 Å². The molecule has 0 aliphatic heterocycles. The topological polar surface area (TPSA) is 57.4 Å². The Hall–Kier alpha value is -1.04. The molecule has 0 radical (unpaired) electrons. The van der Waals surface area contributed by atoms with Crippen molar-refractivity contribution in [3.05, 3.63) is 46.1 Å². The number of aliphatic hydroxyl groups is 1. The lowest BCUT2D eigenvalue weighted by Crippen LogP contribution is -2.31. The van der Waals surface area contributed by atoms with E-state index in [0.717, 1.165) is 30.2 Å². The van der Waals surface area contributed by atoms with Crippen LogP contribution in [0.5, 0.6) is 0 Å². The number of aliphatic hydroxyl groups excluding tert-OH is 1. The zero-order valence-electron chi connectivity index (χ0n) is 12.4. The highest BCUT2D eigenvalue weighted by Gasteiger charge is 2.07. The van der Waals surface area contributed by atoms with E-state index >= 15 is 0 Å². The van der Waals surface area contributed by atoms with Crippen molar-refractivity contribution in [2.24, 2.45) is 0 Å². The van der Waals surface area contributed by atoms with E-state index in [2.05, 4.69) is 10.6 Å². The number of hydrogen-bond acceptors (Lipinski definition) is 4. The van der Waals surface area contributed by atoms with E-state index in [-0.39, 0.29) is 6.10 Å². The van der Waals surface area contributed by atoms with E-state index in [1.165, 1.54) is 0 Å². The first kappa shape index (κ1) is 17.3. The highest BCUT2D eigenvalue weighted by Crippen LogP contribution is 2.28. The van der Waals surface area contributed by atoms with Crippen LogP contribution in [0.1, 0.15) is 12.7 Å². The molecule has 1 heterocycles. The monoisotopic (exact) mass is 342 g/mol. The molecule has 2 aromatic rings. The van der Waals surface area contributed by atoms with E-state index in [0.29, 0.717) is 23.1 Å². The van der Waals surface area contributed by atoms with Crippen LogP contribution in [-0.4, -0.2) is 30.8 Å². The van der Waals surface area contributed by atoms with E-state index in [9.17, 15) is 0 Å². The van der Waals surface area contributed by atoms with Crippen LogP contribution in [0.2, 0.25) is 10.0 Å². The Labute approximate surface area is 140 Å². The number of nitrogens with one attached hydrogen (secondary N) is 2. The van der Waals surface area contributed by atoms with Crippen LogP contribution in [0.15, 0.2) is 34.7 Å². The molecule has 120 valence electrons. The standard InChI is InChI=1S/C16H20Cl2N2O2/c1-11(21)9-19-4-5-20-10-15-2-3-16(22-15)12-6-13(17)8-14(18)7-12/h2-3,6-8,11,19-21H,4-5,9-10H2,1H3/t11-/m0/s1. The van der Waals surface area contributed by atoms with Crippen LogP contribution in [0, 0.1) is 0 Å². The second kappa shape index (κ2) is 8.56. The minimum absolute atomic E-state index is 0.322. The SMILES string of the molecule is C[C@H](O)CNCCNCc1ccc(-c2cc(Cl)cc(Cl)c2)o1. The van der Waals surface area contributed by atoms with Gasteiger partial charge in [0.25, 0.3) is 0 Å². The lowest BCUT2D eigenvalue weighted by atomic mass is 10.2. The van der Waals surface area contributed by atoms with Gasteiger partial charge in [0.1, 0.15) is 11.5 Å². The van der Waals surface area contributed by atoms with Crippen molar-refractivity contribution in [1.82, 2.24) is 10.6 Å². The molecule has 3 N–H and O–H groups in total. The summed E-state index contributed by atoms with van der Waals surface area (Å²) in [5.41, 5.74) is 0.863. The van der Waals surface area contributed by atoms with Gasteiger partial charge in [0.05, 0.1) is 12.6 Å². The van der Waals surface area contributed by atoms with E-state index < -0.39 is 0 Å². The van der Waals surface area contributed by atoms with Gasteiger partial charge in [-0.3, -0.25) is 0 Å².